The molecule has 0 unspecified atom stereocenters. The lowest BCUT2D eigenvalue weighted by Crippen LogP contribution is -2.35. The fourth-order valence-corrected chi connectivity index (χ4v) is 1.35. The molecule has 0 saturated heterocycles. The number of ether oxygens (including phenoxy) is 2. The predicted molar refractivity (Wildman–Crippen MR) is 69.7 cm³/mol. The molecule has 1 aromatic carbocycles. The molecule has 0 aliphatic rings. The van der Waals surface area contributed by atoms with Crippen molar-refractivity contribution in [3.8, 4) is 5.75 Å². The van der Waals surface area contributed by atoms with Crippen molar-refractivity contribution >= 4 is 5.91 Å². The topological polar surface area (TPSA) is 59.6 Å². The summed E-state index contributed by atoms with van der Waals surface area (Å²) in [5, 5.41) is 5.78. The first kappa shape index (κ1) is 15.4. The number of nitrogens with one attached hydrogen (secondary N) is 2. The van der Waals surface area contributed by atoms with Crippen molar-refractivity contribution in [1.29, 1.82) is 0 Å². The van der Waals surface area contributed by atoms with Gasteiger partial charge >= 0.3 is 0 Å². The van der Waals surface area contributed by atoms with Gasteiger partial charge in [-0.1, -0.05) is 6.07 Å². The Bertz CT molecular complexity index is 388. The van der Waals surface area contributed by atoms with Crippen LogP contribution in [-0.4, -0.2) is 45.9 Å². The van der Waals surface area contributed by atoms with Crippen molar-refractivity contribution in [3.05, 3.63) is 30.1 Å². The predicted octanol–water partition coefficient (Wildman–Crippen LogP) is 0.557. The first-order valence-corrected chi connectivity index (χ1v) is 6.07. The van der Waals surface area contributed by atoms with Crippen LogP contribution in [0.4, 0.5) is 4.39 Å². The van der Waals surface area contributed by atoms with Crippen molar-refractivity contribution in [3.63, 3.8) is 0 Å². The molecule has 5 nitrogen and oxygen atoms in total. The number of benzene rings is 1. The van der Waals surface area contributed by atoms with Crippen molar-refractivity contribution in [1.82, 2.24) is 10.6 Å². The second kappa shape index (κ2) is 9.29. The minimum absolute atomic E-state index is 0.123. The molecule has 0 fully saturated rings. The van der Waals surface area contributed by atoms with Gasteiger partial charge in [-0.3, -0.25) is 4.79 Å². The van der Waals surface area contributed by atoms with Gasteiger partial charge in [0.2, 0.25) is 0 Å². The van der Waals surface area contributed by atoms with Crippen LogP contribution in [0, 0.1) is 5.82 Å². The second-order valence-electron chi connectivity index (χ2n) is 3.84. The highest BCUT2D eigenvalue weighted by Gasteiger charge is 2.02. The Labute approximate surface area is 112 Å². The molecule has 106 valence electrons. The molecule has 0 aromatic heterocycles. The molecule has 0 aliphatic carbocycles. The van der Waals surface area contributed by atoms with Crippen LogP contribution in [-0.2, 0) is 9.53 Å². The van der Waals surface area contributed by atoms with Gasteiger partial charge in [0.1, 0.15) is 11.6 Å². The Hall–Kier alpha value is -1.66. The maximum Gasteiger partial charge on any atom is 0.257 e. The van der Waals surface area contributed by atoms with Crippen LogP contribution in [0.25, 0.3) is 0 Å². The summed E-state index contributed by atoms with van der Waals surface area (Å²) in [7, 11) is 1.63. The summed E-state index contributed by atoms with van der Waals surface area (Å²) >= 11 is 0. The van der Waals surface area contributed by atoms with Gasteiger partial charge in [-0.05, 0) is 12.1 Å². The van der Waals surface area contributed by atoms with Gasteiger partial charge in [0.15, 0.2) is 6.61 Å². The lowest BCUT2D eigenvalue weighted by atomic mass is 10.3. The molecule has 0 radical (unpaired) electrons. The van der Waals surface area contributed by atoms with Crippen molar-refractivity contribution < 1.29 is 18.7 Å². The Morgan fingerprint density at radius 2 is 2.16 bits per heavy atom. The molecule has 0 saturated carbocycles. The average molecular weight is 270 g/mol. The second-order valence-corrected chi connectivity index (χ2v) is 3.84. The molecule has 0 heterocycles. The number of rotatable bonds is 9. The number of methoxy groups -OCH3 is 1. The Morgan fingerprint density at radius 3 is 2.89 bits per heavy atom. The molecule has 0 aliphatic heterocycles. The zero-order valence-corrected chi connectivity index (χ0v) is 10.9. The summed E-state index contributed by atoms with van der Waals surface area (Å²) in [5.74, 6) is -0.286. The first-order chi connectivity index (χ1) is 9.22. The quantitative estimate of drug-likeness (QED) is 0.644. The van der Waals surface area contributed by atoms with Crippen LogP contribution in [0.1, 0.15) is 0 Å². The first-order valence-electron chi connectivity index (χ1n) is 6.07. The summed E-state index contributed by atoms with van der Waals surface area (Å²) in [6.45, 7) is 2.43. The van der Waals surface area contributed by atoms with Crippen LogP contribution in [0.2, 0.25) is 0 Å². The third-order valence-electron chi connectivity index (χ3n) is 2.27. The Kier molecular flexibility index (Phi) is 7.53. The summed E-state index contributed by atoms with van der Waals surface area (Å²) < 4.78 is 22.9. The fraction of sp³-hybridized carbons (Fsp3) is 0.462. The lowest BCUT2D eigenvalue weighted by Gasteiger charge is -2.08. The van der Waals surface area contributed by atoms with Gasteiger partial charge in [0.25, 0.3) is 5.91 Å². The summed E-state index contributed by atoms with van der Waals surface area (Å²) in [4.78, 5) is 11.4. The molecule has 19 heavy (non-hydrogen) atoms. The standard InChI is InChI=1S/C13H19FN2O3/c1-18-8-7-15-5-6-16-13(17)10-19-12-4-2-3-11(14)9-12/h2-4,9,15H,5-8,10H2,1H3,(H,16,17). The molecule has 1 rings (SSSR count). The minimum atomic E-state index is -0.389. The smallest absolute Gasteiger partial charge is 0.257 e. The Balaban J connectivity index is 2.08. The van der Waals surface area contributed by atoms with Crippen molar-refractivity contribution in [2.75, 3.05) is 40.0 Å². The van der Waals surface area contributed by atoms with E-state index in [4.69, 9.17) is 9.47 Å². The van der Waals surface area contributed by atoms with E-state index in [0.717, 1.165) is 6.54 Å². The molecular weight excluding hydrogens is 251 g/mol. The van der Waals surface area contributed by atoms with Gasteiger partial charge in [0, 0.05) is 32.8 Å². The van der Waals surface area contributed by atoms with E-state index in [0.29, 0.717) is 25.4 Å². The molecule has 0 atom stereocenters. The van der Waals surface area contributed by atoms with Crippen LogP contribution < -0.4 is 15.4 Å². The van der Waals surface area contributed by atoms with Crippen LogP contribution in [0.15, 0.2) is 24.3 Å². The van der Waals surface area contributed by atoms with Gasteiger partial charge in [0.05, 0.1) is 6.61 Å². The Morgan fingerprint density at radius 1 is 1.32 bits per heavy atom. The van der Waals surface area contributed by atoms with E-state index in [1.807, 2.05) is 0 Å². The largest absolute Gasteiger partial charge is 0.484 e. The van der Waals surface area contributed by atoms with Gasteiger partial charge in [-0.2, -0.15) is 0 Å². The summed E-state index contributed by atoms with van der Waals surface area (Å²) in [6, 6.07) is 5.68. The van der Waals surface area contributed by atoms with E-state index >= 15 is 0 Å². The third-order valence-corrected chi connectivity index (χ3v) is 2.27. The highest BCUT2D eigenvalue weighted by Crippen LogP contribution is 2.11. The van der Waals surface area contributed by atoms with Gasteiger partial charge in [-0.15, -0.1) is 0 Å². The van der Waals surface area contributed by atoms with E-state index in [1.54, 1.807) is 13.2 Å². The monoisotopic (exact) mass is 270 g/mol. The number of carbonyl (C=O) groups is 1. The maximum absolute atomic E-state index is 12.8. The highest BCUT2D eigenvalue weighted by atomic mass is 19.1. The van der Waals surface area contributed by atoms with E-state index < -0.39 is 0 Å². The number of halogens is 1. The van der Waals surface area contributed by atoms with Crippen LogP contribution >= 0.6 is 0 Å². The number of hydrogen-bond donors (Lipinski definition) is 2. The van der Waals surface area contributed by atoms with Crippen molar-refractivity contribution in [2.45, 2.75) is 0 Å². The van der Waals surface area contributed by atoms with Crippen molar-refractivity contribution in [2.24, 2.45) is 0 Å². The van der Waals surface area contributed by atoms with E-state index in [-0.39, 0.29) is 18.3 Å². The third kappa shape index (κ3) is 7.38. The average Bonchev–Trinajstić information content (AvgIpc) is 2.40. The number of hydrogen-bond acceptors (Lipinski definition) is 4. The molecule has 2 N–H and O–H groups in total. The minimum Gasteiger partial charge on any atom is -0.484 e. The van der Waals surface area contributed by atoms with Gasteiger partial charge < -0.3 is 20.1 Å². The van der Waals surface area contributed by atoms with E-state index in [2.05, 4.69) is 10.6 Å². The molecule has 1 amide bonds. The zero-order valence-electron chi connectivity index (χ0n) is 10.9. The summed E-state index contributed by atoms with van der Waals surface area (Å²) in [6.07, 6.45) is 0. The molecule has 1 aromatic rings. The fourth-order valence-electron chi connectivity index (χ4n) is 1.35. The maximum atomic E-state index is 12.8. The normalized spacial score (nSPS) is 10.2. The zero-order chi connectivity index (χ0) is 13.9. The molecule has 6 heteroatoms. The highest BCUT2D eigenvalue weighted by molar-refractivity contribution is 5.77. The molecular formula is C13H19FN2O3. The number of carbonyl (C=O) groups excluding carboxylic acids is 1. The molecule has 0 bridgehead atoms. The van der Waals surface area contributed by atoms with Gasteiger partial charge in [-0.25, -0.2) is 4.39 Å². The number of amides is 1. The lowest BCUT2D eigenvalue weighted by molar-refractivity contribution is -0.123. The summed E-state index contributed by atoms with van der Waals surface area (Å²) in [5.41, 5.74) is 0. The van der Waals surface area contributed by atoms with E-state index in [1.165, 1.54) is 18.2 Å². The van der Waals surface area contributed by atoms with Crippen LogP contribution in [0.5, 0.6) is 5.75 Å². The van der Waals surface area contributed by atoms with E-state index in [9.17, 15) is 9.18 Å². The van der Waals surface area contributed by atoms with Crippen LogP contribution in [0.3, 0.4) is 0 Å². The SMILES string of the molecule is COCCNCCNC(=O)COc1cccc(F)c1. The molecule has 0 spiro atoms.